The zero-order valence-corrected chi connectivity index (χ0v) is 18.0. The van der Waals surface area contributed by atoms with E-state index >= 15 is 0 Å². The van der Waals surface area contributed by atoms with Crippen LogP contribution in [-0.4, -0.2) is 20.1 Å². The molecule has 0 aliphatic rings. The van der Waals surface area contributed by atoms with Crippen LogP contribution in [-0.2, 0) is 10.0 Å². The monoisotopic (exact) mass is 409 g/mol. The van der Waals surface area contributed by atoms with Crippen molar-refractivity contribution < 1.29 is 13.5 Å². The molecular weight excluding hydrogens is 382 g/mol. The van der Waals surface area contributed by atoms with Crippen LogP contribution < -0.4 is 4.72 Å². The maximum atomic E-state index is 12.8. The normalized spacial score (nSPS) is 12.7. The van der Waals surface area contributed by atoms with Gasteiger partial charge in [-0.25, -0.2) is 13.1 Å². The van der Waals surface area contributed by atoms with Crippen LogP contribution in [0.1, 0.15) is 39.3 Å². The summed E-state index contributed by atoms with van der Waals surface area (Å²) in [5.41, 5.74) is 5.71. The number of benzene rings is 3. The zero-order valence-electron chi connectivity index (χ0n) is 17.2. The molecule has 3 aromatic rings. The van der Waals surface area contributed by atoms with Crippen molar-refractivity contribution in [1.29, 1.82) is 0 Å². The number of nitrogens with one attached hydrogen (secondary N) is 1. The largest absolute Gasteiger partial charge is 0.508 e. The second-order valence-corrected chi connectivity index (χ2v) is 9.41. The van der Waals surface area contributed by atoms with Gasteiger partial charge in [0.05, 0.1) is 4.90 Å². The Morgan fingerprint density at radius 3 is 1.93 bits per heavy atom. The van der Waals surface area contributed by atoms with Crippen LogP contribution in [0.5, 0.6) is 5.75 Å². The van der Waals surface area contributed by atoms with Gasteiger partial charge in [-0.3, -0.25) is 0 Å². The van der Waals surface area contributed by atoms with E-state index < -0.39 is 10.0 Å². The first kappa shape index (κ1) is 21.1. The molecule has 0 saturated heterocycles. The summed E-state index contributed by atoms with van der Waals surface area (Å²) < 4.78 is 28.4. The highest BCUT2D eigenvalue weighted by molar-refractivity contribution is 7.89. The second-order valence-electron chi connectivity index (χ2n) is 7.64. The third-order valence-corrected chi connectivity index (χ3v) is 6.59. The van der Waals surface area contributed by atoms with Gasteiger partial charge in [0, 0.05) is 18.0 Å². The second kappa shape index (κ2) is 8.39. The van der Waals surface area contributed by atoms with E-state index in [0.29, 0.717) is 0 Å². The summed E-state index contributed by atoms with van der Waals surface area (Å²) in [6, 6.07) is 18.5. The van der Waals surface area contributed by atoms with E-state index in [-0.39, 0.29) is 23.1 Å². The first-order valence-electron chi connectivity index (χ1n) is 9.60. The average molecular weight is 410 g/mol. The first-order valence-corrected chi connectivity index (χ1v) is 11.1. The van der Waals surface area contributed by atoms with Gasteiger partial charge in [-0.15, -0.1) is 0 Å². The Bertz CT molecular complexity index is 1080. The fourth-order valence-electron chi connectivity index (χ4n) is 3.59. The minimum atomic E-state index is -3.66. The molecule has 0 aromatic heterocycles. The van der Waals surface area contributed by atoms with Gasteiger partial charge >= 0.3 is 0 Å². The molecule has 2 N–H and O–H groups in total. The van der Waals surface area contributed by atoms with Gasteiger partial charge in [0.15, 0.2) is 0 Å². The molecule has 0 radical (unpaired) electrons. The van der Waals surface area contributed by atoms with Gasteiger partial charge in [-0.1, -0.05) is 53.6 Å². The van der Waals surface area contributed by atoms with Gasteiger partial charge in [0.2, 0.25) is 10.0 Å². The highest BCUT2D eigenvalue weighted by Gasteiger charge is 2.23. The molecule has 0 aliphatic heterocycles. The molecule has 3 aromatic carbocycles. The lowest BCUT2D eigenvalue weighted by Gasteiger charge is -2.22. The predicted molar refractivity (Wildman–Crippen MR) is 117 cm³/mol. The van der Waals surface area contributed by atoms with E-state index in [9.17, 15) is 13.5 Å². The fraction of sp³-hybridized carbons (Fsp3) is 0.250. The molecule has 0 amide bonds. The minimum Gasteiger partial charge on any atom is -0.508 e. The van der Waals surface area contributed by atoms with Crippen molar-refractivity contribution in [2.75, 3.05) is 6.54 Å². The van der Waals surface area contributed by atoms with E-state index in [2.05, 4.69) is 4.72 Å². The molecule has 0 bridgehead atoms. The first-order chi connectivity index (χ1) is 13.7. The number of aromatic hydroxyl groups is 1. The predicted octanol–water partition coefficient (Wildman–Crippen LogP) is 4.74. The standard InChI is InChI=1S/C24H27NO3S/c1-16-5-9-20(10-6-16)22(24-19(4)13-18(3)14-23(24)26)15-25-29(27,28)21-11-7-17(2)8-12-21/h5-14,22,25-26H,15H2,1-4H3/t22-/m0/s1. The Balaban J connectivity index is 1.98. The molecule has 5 heteroatoms. The molecule has 3 rings (SSSR count). The molecule has 29 heavy (non-hydrogen) atoms. The van der Waals surface area contributed by atoms with Gasteiger partial charge in [0.1, 0.15) is 5.75 Å². The zero-order chi connectivity index (χ0) is 21.2. The Kier molecular flexibility index (Phi) is 6.10. The number of sulfonamides is 1. The maximum Gasteiger partial charge on any atom is 0.240 e. The highest BCUT2D eigenvalue weighted by Crippen LogP contribution is 2.35. The number of phenolic OH excluding ortho intramolecular Hbond substituents is 1. The number of phenols is 1. The highest BCUT2D eigenvalue weighted by atomic mass is 32.2. The van der Waals surface area contributed by atoms with Crippen LogP contribution in [0.2, 0.25) is 0 Å². The molecule has 0 spiro atoms. The molecular formula is C24H27NO3S. The maximum absolute atomic E-state index is 12.8. The van der Waals surface area contributed by atoms with E-state index in [0.717, 1.165) is 33.4 Å². The third kappa shape index (κ3) is 4.86. The van der Waals surface area contributed by atoms with Gasteiger partial charge in [-0.2, -0.15) is 0 Å². The number of hydrogen-bond donors (Lipinski definition) is 2. The fourth-order valence-corrected chi connectivity index (χ4v) is 4.64. The van der Waals surface area contributed by atoms with Crippen molar-refractivity contribution in [1.82, 2.24) is 4.72 Å². The molecule has 0 unspecified atom stereocenters. The van der Waals surface area contributed by atoms with E-state index in [1.165, 1.54) is 0 Å². The Labute approximate surface area is 173 Å². The van der Waals surface area contributed by atoms with Crippen LogP contribution >= 0.6 is 0 Å². The summed E-state index contributed by atoms with van der Waals surface area (Å²) in [6.45, 7) is 7.94. The molecule has 0 saturated carbocycles. The third-order valence-electron chi connectivity index (χ3n) is 5.15. The number of hydrogen-bond acceptors (Lipinski definition) is 3. The summed E-state index contributed by atoms with van der Waals surface area (Å²) in [6.07, 6.45) is 0. The quantitative estimate of drug-likeness (QED) is 0.618. The van der Waals surface area contributed by atoms with Crippen molar-refractivity contribution in [2.45, 2.75) is 38.5 Å². The van der Waals surface area contributed by atoms with E-state index in [1.807, 2.05) is 58.0 Å². The van der Waals surface area contributed by atoms with Crippen molar-refractivity contribution in [3.8, 4) is 5.75 Å². The van der Waals surface area contributed by atoms with Gasteiger partial charge < -0.3 is 5.11 Å². The van der Waals surface area contributed by atoms with Crippen molar-refractivity contribution in [3.63, 3.8) is 0 Å². The summed E-state index contributed by atoms with van der Waals surface area (Å²) in [5, 5.41) is 10.7. The summed E-state index contributed by atoms with van der Waals surface area (Å²) in [4.78, 5) is 0.232. The van der Waals surface area contributed by atoms with Crippen LogP contribution in [0.3, 0.4) is 0 Å². The number of rotatable bonds is 6. The van der Waals surface area contributed by atoms with Crippen molar-refractivity contribution in [3.05, 3.63) is 94.0 Å². The van der Waals surface area contributed by atoms with Crippen molar-refractivity contribution in [2.24, 2.45) is 0 Å². The lowest BCUT2D eigenvalue weighted by Crippen LogP contribution is -2.29. The molecule has 0 heterocycles. The van der Waals surface area contributed by atoms with Crippen LogP contribution in [0.4, 0.5) is 0 Å². The molecule has 4 nitrogen and oxygen atoms in total. The summed E-state index contributed by atoms with van der Waals surface area (Å²) in [5.74, 6) is -0.126. The van der Waals surface area contributed by atoms with E-state index in [1.54, 1.807) is 30.3 Å². The van der Waals surface area contributed by atoms with Crippen molar-refractivity contribution >= 4 is 10.0 Å². The summed E-state index contributed by atoms with van der Waals surface area (Å²) >= 11 is 0. The minimum absolute atomic E-state index is 0.150. The molecule has 0 aliphatic carbocycles. The summed E-state index contributed by atoms with van der Waals surface area (Å²) in [7, 11) is -3.66. The Morgan fingerprint density at radius 1 is 0.828 bits per heavy atom. The van der Waals surface area contributed by atoms with Crippen LogP contribution in [0, 0.1) is 27.7 Å². The topological polar surface area (TPSA) is 66.4 Å². The lowest BCUT2D eigenvalue weighted by molar-refractivity contribution is 0.462. The SMILES string of the molecule is Cc1ccc([C@H](CNS(=O)(=O)c2ccc(C)cc2)c2c(C)cc(C)cc2O)cc1. The Morgan fingerprint density at radius 2 is 1.38 bits per heavy atom. The van der Waals surface area contributed by atoms with Gasteiger partial charge in [0.25, 0.3) is 0 Å². The average Bonchev–Trinajstić information content (AvgIpc) is 2.65. The Hall–Kier alpha value is -2.63. The van der Waals surface area contributed by atoms with Crippen LogP contribution in [0.15, 0.2) is 65.6 Å². The lowest BCUT2D eigenvalue weighted by atomic mass is 9.87. The molecule has 1 atom stereocenters. The van der Waals surface area contributed by atoms with Crippen LogP contribution in [0.25, 0.3) is 0 Å². The molecule has 152 valence electrons. The van der Waals surface area contributed by atoms with Gasteiger partial charge in [-0.05, 0) is 62.6 Å². The number of aryl methyl sites for hydroxylation is 4. The smallest absolute Gasteiger partial charge is 0.240 e. The van der Waals surface area contributed by atoms with E-state index in [4.69, 9.17) is 0 Å². The molecule has 0 fully saturated rings.